The largest absolute Gasteiger partial charge is 0.493 e. The number of nitrogens with one attached hydrogen (secondary N) is 1. The molecule has 2 aromatic rings. The van der Waals surface area contributed by atoms with Crippen LogP contribution in [0.15, 0.2) is 30.3 Å². The van der Waals surface area contributed by atoms with Crippen molar-refractivity contribution in [2.45, 2.75) is 63.3 Å². The maximum Gasteiger partial charge on any atom is 0.304 e. The Bertz CT molecular complexity index is 1350. The zero-order valence-electron chi connectivity index (χ0n) is 22.0. The van der Waals surface area contributed by atoms with E-state index in [1.54, 1.807) is 0 Å². The number of benzene rings is 2. The second kappa shape index (κ2) is 11.0. The van der Waals surface area contributed by atoms with Crippen molar-refractivity contribution < 1.29 is 22.3 Å². The van der Waals surface area contributed by atoms with E-state index in [0.29, 0.717) is 37.3 Å². The zero-order chi connectivity index (χ0) is 27.1. The Morgan fingerprint density at radius 3 is 2.33 bits per heavy atom. The fourth-order valence-corrected chi connectivity index (χ4v) is 6.93. The van der Waals surface area contributed by atoms with Gasteiger partial charge in [-0.1, -0.05) is 23.7 Å². The topological polar surface area (TPSA) is 79.0 Å². The number of amides is 1. The van der Waals surface area contributed by atoms with Crippen LogP contribution in [0.3, 0.4) is 0 Å². The van der Waals surface area contributed by atoms with Gasteiger partial charge in [-0.2, -0.15) is 12.7 Å². The molecule has 2 heterocycles. The molecule has 0 spiro atoms. The maximum absolute atomic E-state index is 15.0. The second-order valence-electron chi connectivity index (χ2n) is 11.5. The number of piperidine rings is 1. The highest BCUT2D eigenvalue weighted by Gasteiger charge is 2.33. The Kier molecular flexibility index (Phi) is 7.61. The van der Waals surface area contributed by atoms with Gasteiger partial charge in [0.25, 0.3) is 5.91 Å². The Hall–Kier alpha value is -2.20. The number of hydrogen-bond donors (Lipinski definition) is 1. The molecule has 4 fully saturated rings. The zero-order valence-corrected chi connectivity index (χ0v) is 23.6. The lowest BCUT2D eigenvalue weighted by Crippen LogP contribution is -2.49. The van der Waals surface area contributed by atoms with Gasteiger partial charge < -0.3 is 4.74 Å². The molecule has 0 aromatic heterocycles. The molecule has 6 rings (SSSR count). The summed E-state index contributed by atoms with van der Waals surface area (Å²) in [6.45, 7) is 3.95. The van der Waals surface area contributed by atoms with Crippen LogP contribution in [0.1, 0.15) is 83.8 Å². The molecule has 2 aliphatic heterocycles. The standard InChI is InChI=1S/C29H35ClFN3O4S/c30-26-14-22(20-2-3-20)6-7-23(26)17-33-12-8-19(9-13-33)18-38-28-16-27(31)25(15-24(28)21-4-5-21)29(35)32-39(36,37)34-10-1-11-34/h6-7,14-16,19-21H,1-5,8-13,17-18H2,(H,32,35). The first kappa shape index (κ1) is 27.0. The molecule has 1 amide bonds. The van der Waals surface area contributed by atoms with Crippen LogP contribution in [0, 0.1) is 11.7 Å². The average Bonchev–Trinajstić information content (AvgIpc) is 3.76. The number of likely N-dealkylation sites (tertiary alicyclic amines) is 1. The first-order valence-corrected chi connectivity index (χ1v) is 15.9. The molecule has 0 atom stereocenters. The van der Waals surface area contributed by atoms with E-state index >= 15 is 0 Å². The van der Waals surface area contributed by atoms with Gasteiger partial charge in [0, 0.05) is 30.7 Å². The van der Waals surface area contributed by atoms with Crippen LogP contribution in [0.5, 0.6) is 5.75 Å². The van der Waals surface area contributed by atoms with E-state index in [9.17, 15) is 17.6 Å². The third kappa shape index (κ3) is 6.26. The second-order valence-corrected chi connectivity index (χ2v) is 13.6. The number of hydrogen-bond acceptors (Lipinski definition) is 5. The summed E-state index contributed by atoms with van der Waals surface area (Å²) >= 11 is 6.58. The summed E-state index contributed by atoms with van der Waals surface area (Å²) in [5.74, 6) is 0.00125. The minimum atomic E-state index is -3.95. The Labute approximate surface area is 234 Å². The van der Waals surface area contributed by atoms with E-state index in [-0.39, 0.29) is 11.5 Å². The molecule has 39 heavy (non-hydrogen) atoms. The normalized spacial score (nSPS) is 21.0. The summed E-state index contributed by atoms with van der Waals surface area (Å²) in [6.07, 6.45) is 7.13. The van der Waals surface area contributed by atoms with E-state index in [1.807, 2.05) is 4.72 Å². The minimum absolute atomic E-state index is 0.206. The van der Waals surface area contributed by atoms with Crippen molar-refractivity contribution in [3.8, 4) is 5.75 Å². The number of nitrogens with zero attached hydrogens (tertiary/aromatic N) is 2. The number of rotatable bonds is 10. The fourth-order valence-electron chi connectivity index (χ4n) is 5.47. The highest BCUT2D eigenvalue weighted by atomic mass is 35.5. The quantitative estimate of drug-likeness (QED) is 0.421. The van der Waals surface area contributed by atoms with Crippen molar-refractivity contribution >= 4 is 27.7 Å². The Morgan fingerprint density at radius 2 is 1.72 bits per heavy atom. The average molecular weight is 576 g/mol. The molecule has 10 heteroatoms. The van der Waals surface area contributed by atoms with Crippen molar-refractivity contribution in [1.29, 1.82) is 0 Å². The first-order valence-electron chi connectivity index (χ1n) is 14.1. The van der Waals surface area contributed by atoms with Gasteiger partial charge in [-0.25, -0.2) is 9.11 Å². The lowest BCUT2D eigenvalue weighted by molar-refractivity contribution is 0.0973. The van der Waals surface area contributed by atoms with E-state index in [4.69, 9.17) is 16.3 Å². The molecule has 1 N–H and O–H groups in total. The molecule has 0 bridgehead atoms. The predicted octanol–water partition coefficient (Wildman–Crippen LogP) is 5.21. The summed E-state index contributed by atoms with van der Waals surface area (Å²) in [5.41, 5.74) is 3.05. The van der Waals surface area contributed by atoms with Crippen LogP contribution in [0.4, 0.5) is 4.39 Å². The van der Waals surface area contributed by atoms with Crippen LogP contribution in [-0.4, -0.2) is 56.3 Å². The molecule has 2 aliphatic carbocycles. The highest BCUT2D eigenvalue weighted by Crippen LogP contribution is 2.45. The van der Waals surface area contributed by atoms with Crippen LogP contribution in [0.25, 0.3) is 0 Å². The number of carbonyl (C=O) groups is 1. The number of carbonyl (C=O) groups excluding carboxylic acids is 1. The first-order chi connectivity index (χ1) is 18.8. The summed E-state index contributed by atoms with van der Waals surface area (Å²) < 4.78 is 48.9. The molecular formula is C29H35ClFN3O4S. The van der Waals surface area contributed by atoms with Crippen LogP contribution >= 0.6 is 11.6 Å². The molecular weight excluding hydrogens is 541 g/mol. The fraction of sp³-hybridized carbons (Fsp3) is 0.552. The highest BCUT2D eigenvalue weighted by molar-refractivity contribution is 7.87. The Balaban J connectivity index is 1.04. The van der Waals surface area contributed by atoms with E-state index in [0.717, 1.165) is 62.3 Å². The summed E-state index contributed by atoms with van der Waals surface area (Å²) in [5, 5.41) is 0.856. The molecule has 2 saturated heterocycles. The Morgan fingerprint density at radius 1 is 1.00 bits per heavy atom. The molecule has 0 unspecified atom stereocenters. The third-order valence-electron chi connectivity index (χ3n) is 8.44. The third-order valence-corrected chi connectivity index (χ3v) is 10.3. The molecule has 4 aliphatic rings. The molecule has 7 nitrogen and oxygen atoms in total. The van der Waals surface area contributed by atoms with Crippen LogP contribution in [-0.2, 0) is 16.8 Å². The summed E-state index contributed by atoms with van der Waals surface area (Å²) in [7, 11) is -3.95. The summed E-state index contributed by atoms with van der Waals surface area (Å²) in [4.78, 5) is 15.1. The van der Waals surface area contributed by atoms with E-state index in [2.05, 4.69) is 23.1 Å². The maximum atomic E-state index is 15.0. The lowest BCUT2D eigenvalue weighted by atomic mass is 9.97. The molecule has 2 saturated carbocycles. The van der Waals surface area contributed by atoms with Gasteiger partial charge in [0.15, 0.2) is 0 Å². The summed E-state index contributed by atoms with van der Waals surface area (Å²) in [6, 6.07) is 9.25. The minimum Gasteiger partial charge on any atom is -0.493 e. The van der Waals surface area contributed by atoms with E-state index < -0.39 is 21.9 Å². The SMILES string of the molecule is O=C(NS(=O)(=O)N1CCC1)c1cc(C2CC2)c(OCC2CCN(Cc3ccc(C4CC4)cc3Cl)CC2)cc1F. The van der Waals surface area contributed by atoms with Gasteiger partial charge >= 0.3 is 10.2 Å². The van der Waals surface area contributed by atoms with Crippen molar-refractivity contribution in [3.05, 3.63) is 63.4 Å². The van der Waals surface area contributed by atoms with Gasteiger partial charge in [0.1, 0.15) is 11.6 Å². The monoisotopic (exact) mass is 575 g/mol. The van der Waals surface area contributed by atoms with Crippen molar-refractivity contribution in [2.24, 2.45) is 5.92 Å². The van der Waals surface area contributed by atoms with Crippen molar-refractivity contribution in [2.75, 3.05) is 32.8 Å². The lowest BCUT2D eigenvalue weighted by Gasteiger charge is -2.32. The molecule has 2 aromatic carbocycles. The van der Waals surface area contributed by atoms with Crippen molar-refractivity contribution in [3.63, 3.8) is 0 Å². The van der Waals surface area contributed by atoms with Gasteiger partial charge in [-0.15, -0.1) is 0 Å². The van der Waals surface area contributed by atoms with Gasteiger partial charge in [0.2, 0.25) is 0 Å². The van der Waals surface area contributed by atoms with Gasteiger partial charge in [-0.05, 0) is 105 Å². The number of ether oxygens (including phenoxy) is 1. The van der Waals surface area contributed by atoms with E-state index in [1.165, 1.54) is 40.4 Å². The van der Waals surface area contributed by atoms with Crippen LogP contribution < -0.4 is 9.46 Å². The molecule has 0 radical (unpaired) electrons. The van der Waals surface area contributed by atoms with Crippen molar-refractivity contribution in [1.82, 2.24) is 13.9 Å². The smallest absolute Gasteiger partial charge is 0.304 e. The van der Waals surface area contributed by atoms with Gasteiger partial charge in [-0.3, -0.25) is 9.69 Å². The predicted molar refractivity (Wildman–Crippen MR) is 148 cm³/mol. The molecule has 210 valence electrons. The van der Waals surface area contributed by atoms with Crippen LogP contribution in [0.2, 0.25) is 5.02 Å². The number of halogens is 2. The van der Waals surface area contributed by atoms with Gasteiger partial charge in [0.05, 0.1) is 12.2 Å².